The lowest BCUT2D eigenvalue weighted by Gasteiger charge is -2.15. The van der Waals surface area contributed by atoms with Crippen LogP contribution in [0.3, 0.4) is 0 Å². The van der Waals surface area contributed by atoms with E-state index in [1.165, 1.54) is 24.5 Å². The van der Waals surface area contributed by atoms with Gasteiger partial charge in [-0.25, -0.2) is 18.4 Å². The molecule has 0 bridgehead atoms. The summed E-state index contributed by atoms with van der Waals surface area (Å²) >= 11 is 6.18. The van der Waals surface area contributed by atoms with Gasteiger partial charge in [0.25, 0.3) is 5.56 Å². The lowest BCUT2D eigenvalue weighted by molar-refractivity contribution is 0.594. The van der Waals surface area contributed by atoms with Crippen LogP contribution < -0.4 is 5.56 Å². The Kier molecular flexibility index (Phi) is 6.20. The Bertz CT molecular complexity index is 1780. The maximum absolute atomic E-state index is 13.0. The summed E-state index contributed by atoms with van der Waals surface area (Å²) in [5, 5.41) is 1.36. The third-order valence-electron chi connectivity index (χ3n) is 6.09. The second kappa shape index (κ2) is 9.33. The molecule has 0 fully saturated rings. The zero-order valence-corrected chi connectivity index (χ0v) is 21.2. The summed E-state index contributed by atoms with van der Waals surface area (Å²) in [5.41, 5.74) is 5.10. The number of pyridine rings is 1. The van der Waals surface area contributed by atoms with E-state index in [0.29, 0.717) is 15.9 Å². The number of sulfone groups is 1. The van der Waals surface area contributed by atoms with Crippen LogP contribution in [0.4, 0.5) is 0 Å². The second-order valence-electron chi connectivity index (χ2n) is 8.62. The van der Waals surface area contributed by atoms with E-state index in [1.54, 1.807) is 28.8 Å². The molecule has 2 aromatic heterocycles. The largest absolute Gasteiger partial charge is 0.277 e. The van der Waals surface area contributed by atoms with Gasteiger partial charge < -0.3 is 0 Å². The molecule has 5 aromatic rings. The number of benzene rings is 3. The fourth-order valence-corrected chi connectivity index (χ4v) is 5.59. The molecule has 0 unspecified atom stereocenters. The van der Waals surface area contributed by atoms with Crippen LogP contribution in [0.25, 0.3) is 27.7 Å². The highest BCUT2D eigenvalue weighted by Crippen LogP contribution is 2.29. The maximum Gasteiger partial charge on any atom is 0.255 e. The highest BCUT2D eigenvalue weighted by molar-refractivity contribution is 7.90. The molecule has 0 atom stereocenters. The Morgan fingerprint density at radius 1 is 0.833 bits per heavy atom. The average molecular weight is 516 g/mol. The van der Waals surface area contributed by atoms with Crippen molar-refractivity contribution in [3.63, 3.8) is 0 Å². The molecule has 0 aliphatic heterocycles. The first kappa shape index (κ1) is 23.9. The molecule has 0 saturated carbocycles. The number of nitrogens with zero attached hydrogens (tertiary/aromatic N) is 3. The van der Waals surface area contributed by atoms with E-state index >= 15 is 0 Å². The minimum atomic E-state index is -3.67. The molecule has 0 spiro atoms. The quantitative estimate of drug-likeness (QED) is 0.300. The summed E-state index contributed by atoms with van der Waals surface area (Å²) in [6.45, 7) is 3.91. The molecule has 0 radical (unpaired) electrons. The lowest BCUT2D eigenvalue weighted by atomic mass is 10.0. The van der Waals surface area contributed by atoms with Crippen LogP contribution >= 0.6 is 11.6 Å². The summed E-state index contributed by atoms with van der Waals surface area (Å²) in [7, 11) is -3.67. The van der Waals surface area contributed by atoms with Crippen LogP contribution in [-0.4, -0.2) is 23.0 Å². The van der Waals surface area contributed by atoms with Gasteiger partial charge in [0, 0.05) is 28.9 Å². The van der Waals surface area contributed by atoms with Crippen LogP contribution in [0, 0.1) is 13.8 Å². The third kappa shape index (κ3) is 4.55. The van der Waals surface area contributed by atoms with Gasteiger partial charge >= 0.3 is 0 Å². The summed E-state index contributed by atoms with van der Waals surface area (Å²) in [4.78, 5) is 21.2. The Labute approximate surface area is 213 Å². The van der Waals surface area contributed by atoms with Gasteiger partial charge in [-0.15, -0.1) is 0 Å². The van der Waals surface area contributed by atoms with Gasteiger partial charge in [0.05, 0.1) is 16.1 Å². The van der Waals surface area contributed by atoms with Crippen molar-refractivity contribution in [1.29, 1.82) is 0 Å². The number of rotatable bonds is 5. The van der Waals surface area contributed by atoms with Gasteiger partial charge in [-0.3, -0.25) is 9.36 Å². The van der Waals surface area contributed by atoms with Gasteiger partial charge in [0.15, 0.2) is 9.84 Å². The first-order chi connectivity index (χ1) is 17.2. The predicted molar refractivity (Wildman–Crippen MR) is 142 cm³/mol. The molecule has 8 heteroatoms. The van der Waals surface area contributed by atoms with Crippen LogP contribution in [0.15, 0.2) is 94.9 Å². The topological polar surface area (TPSA) is 81.9 Å². The van der Waals surface area contributed by atoms with E-state index in [0.717, 1.165) is 27.9 Å². The van der Waals surface area contributed by atoms with Crippen molar-refractivity contribution in [2.45, 2.75) is 24.5 Å². The van der Waals surface area contributed by atoms with E-state index < -0.39 is 9.84 Å². The Morgan fingerprint density at radius 3 is 2.22 bits per heavy atom. The molecule has 36 heavy (non-hydrogen) atoms. The standard InChI is InChI=1S/C28H22ClN3O3S/c1-18-14-20(4-8-24(18)29)21-5-9-25(19(2)15-21)32-26-10-7-23(16-22(26)6-11-28(32)33)36(34,35)17-27-30-12-3-13-31-27/h3-16H,17H2,1-2H3. The normalized spacial score (nSPS) is 11.6. The van der Waals surface area contributed by atoms with Gasteiger partial charge in [0.1, 0.15) is 11.6 Å². The Hall–Kier alpha value is -3.81. The zero-order chi connectivity index (χ0) is 25.4. The van der Waals surface area contributed by atoms with Crippen LogP contribution in [0.2, 0.25) is 5.02 Å². The van der Waals surface area contributed by atoms with Crippen molar-refractivity contribution in [2.75, 3.05) is 0 Å². The molecule has 0 amide bonds. The summed E-state index contributed by atoms with van der Waals surface area (Å²) in [6, 6.07) is 21.3. The Morgan fingerprint density at radius 2 is 1.53 bits per heavy atom. The number of fused-ring (bicyclic) bond motifs is 1. The van der Waals surface area contributed by atoms with Gasteiger partial charge in [-0.05, 0) is 90.7 Å². The van der Waals surface area contributed by atoms with Crippen LogP contribution in [0.5, 0.6) is 0 Å². The van der Waals surface area contributed by atoms with Crippen molar-refractivity contribution in [3.8, 4) is 16.8 Å². The molecule has 2 heterocycles. The fraction of sp³-hybridized carbons (Fsp3) is 0.107. The molecular weight excluding hydrogens is 494 g/mol. The third-order valence-corrected chi connectivity index (χ3v) is 8.13. The van der Waals surface area contributed by atoms with Crippen molar-refractivity contribution in [3.05, 3.63) is 118 Å². The minimum absolute atomic E-state index is 0.151. The minimum Gasteiger partial charge on any atom is -0.277 e. The molecular formula is C28H22ClN3O3S. The van der Waals surface area contributed by atoms with Crippen molar-refractivity contribution in [2.24, 2.45) is 0 Å². The van der Waals surface area contributed by atoms with E-state index in [9.17, 15) is 13.2 Å². The van der Waals surface area contributed by atoms with E-state index in [-0.39, 0.29) is 22.0 Å². The van der Waals surface area contributed by atoms with Gasteiger partial charge in [-0.2, -0.15) is 0 Å². The van der Waals surface area contributed by atoms with Crippen molar-refractivity contribution >= 4 is 32.3 Å². The molecule has 0 saturated heterocycles. The highest BCUT2D eigenvalue weighted by Gasteiger charge is 2.19. The number of hydrogen-bond donors (Lipinski definition) is 0. The highest BCUT2D eigenvalue weighted by atomic mass is 35.5. The molecule has 0 aliphatic rings. The summed E-state index contributed by atoms with van der Waals surface area (Å²) < 4.78 is 27.6. The SMILES string of the molecule is Cc1cc(-c2ccc(-n3c(=O)ccc4cc(S(=O)(=O)Cc5ncccn5)ccc43)c(C)c2)ccc1Cl. The lowest BCUT2D eigenvalue weighted by Crippen LogP contribution is -2.18. The second-order valence-corrected chi connectivity index (χ2v) is 11.0. The van der Waals surface area contributed by atoms with E-state index in [1.807, 2.05) is 50.2 Å². The fourth-order valence-electron chi connectivity index (χ4n) is 4.23. The first-order valence-electron chi connectivity index (χ1n) is 11.2. The molecule has 180 valence electrons. The molecule has 3 aromatic carbocycles. The Balaban J connectivity index is 1.57. The number of hydrogen-bond acceptors (Lipinski definition) is 5. The molecule has 6 nitrogen and oxygen atoms in total. The van der Waals surface area contributed by atoms with Gasteiger partial charge in [0.2, 0.25) is 0 Å². The molecule has 5 rings (SSSR count). The van der Waals surface area contributed by atoms with Crippen LogP contribution in [-0.2, 0) is 15.6 Å². The number of aromatic nitrogens is 3. The zero-order valence-electron chi connectivity index (χ0n) is 19.6. The van der Waals surface area contributed by atoms with Gasteiger partial charge in [-0.1, -0.05) is 23.7 Å². The number of aryl methyl sites for hydroxylation is 2. The molecule has 0 N–H and O–H groups in total. The predicted octanol–water partition coefficient (Wildman–Crippen LogP) is 5.69. The smallest absolute Gasteiger partial charge is 0.255 e. The first-order valence-corrected chi connectivity index (χ1v) is 13.3. The number of halogens is 1. The summed E-state index contributed by atoms with van der Waals surface area (Å²) in [6.07, 6.45) is 3.03. The van der Waals surface area contributed by atoms with Crippen LogP contribution in [0.1, 0.15) is 17.0 Å². The van der Waals surface area contributed by atoms with Crippen molar-refractivity contribution < 1.29 is 8.42 Å². The maximum atomic E-state index is 13.0. The monoisotopic (exact) mass is 515 g/mol. The van der Waals surface area contributed by atoms with E-state index in [4.69, 9.17) is 11.6 Å². The molecule has 0 aliphatic carbocycles. The van der Waals surface area contributed by atoms with E-state index in [2.05, 4.69) is 9.97 Å². The van der Waals surface area contributed by atoms with Crippen molar-refractivity contribution in [1.82, 2.24) is 14.5 Å². The summed E-state index contributed by atoms with van der Waals surface area (Å²) in [5.74, 6) is -0.0712. The average Bonchev–Trinajstić information content (AvgIpc) is 2.86.